The highest BCUT2D eigenvalue weighted by atomic mass is 16.5. The van der Waals surface area contributed by atoms with Crippen LogP contribution in [0.15, 0.2) is 24.3 Å². The second kappa shape index (κ2) is 11.1. The van der Waals surface area contributed by atoms with Crippen LogP contribution in [0.3, 0.4) is 0 Å². The molecule has 2 rings (SSSR count). The Morgan fingerprint density at radius 1 is 1.08 bits per heavy atom. The molecule has 0 heterocycles. The van der Waals surface area contributed by atoms with Crippen molar-refractivity contribution in [2.45, 2.75) is 71.3 Å². The minimum Gasteiger partial charge on any atom is -0.372 e. The van der Waals surface area contributed by atoms with Crippen molar-refractivity contribution in [2.24, 2.45) is 0 Å². The Hall–Kier alpha value is -1.55. The zero-order valence-electron chi connectivity index (χ0n) is 15.9. The lowest BCUT2D eigenvalue weighted by Crippen LogP contribution is -2.25. The fraction of sp³-hybridized carbons (Fsp3) is 0.667. The summed E-state index contributed by atoms with van der Waals surface area (Å²) < 4.78 is 5.67. The van der Waals surface area contributed by atoms with Gasteiger partial charge in [0, 0.05) is 24.5 Å². The average Bonchev–Trinajstić information content (AvgIpc) is 3.15. The molecule has 0 aromatic heterocycles. The first-order chi connectivity index (χ1) is 12.2. The van der Waals surface area contributed by atoms with E-state index in [1.165, 1.54) is 44.2 Å². The minimum atomic E-state index is -0.0616. The topological polar surface area (TPSA) is 41.6 Å². The fourth-order valence-electron chi connectivity index (χ4n) is 3.27. The van der Waals surface area contributed by atoms with E-state index in [1.54, 1.807) is 0 Å². The Morgan fingerprint density at radius 2 is 1.68 bits per heavy atom. The van der Waals surface area contributed by atoms with E-state index in [2.05, 4.69) is 36.2 Å². The standard InChI is InChI=1S/C21H34N2O2/c1-3-5-15-23(16-6-4-2)19-13-11-18(12-14-19)22-21(24)17-25-20-9-7-8-10-20/h11-14,20H,3-10,15-17H2,1-2H3,(H,22,24). The number of nitrogens with one attached hydrogen (secondary N) is 1. The zero-order valence-corrected chi connectivity index (χ0v) is 15.9. The molecule has 0 atom stereocenters. The summed E-state index contributed by atoms with van der Waals surface area (Å²) in [4.78, 5) is 14.5. The van der Waals surface area contributed by atoms with Crippen LogP contribution in [0.1, 0.15) is 65.2 Å². The van der Waals surface area contributed by atoms with Gasteiger partial charge in [0.05, 0.1) is 6.10 Å². The van der Waals surface area contributed by atoms with Crippen LogP contribution in [0.2, 0.25) is 0 Å². The van der Waals surface area contributed by atoms with Crippen molar-refractivity contribution in [1.82, 2.24) is 0 Å². The molecule has 1 aliphatic rings. The number of hydrogen-bond donors (Lipinski definition) is 1. The maximum atomic E-state index is 12.0. The van der Waals surface area contributed by atoms with Gasteiger partial charge < -0.3 is 15.0 Å². The molecule has 1 N–H and O–H groups in total. The van der Waals surface area contributed by atoms with Crippen LogP contribution in [-0.2, 0) is 9.53 Å². The second-order valence-electron chi connectivity index (χ2n) is 7.01. The number of amides is 1. The molecule has 0 aliphatic heterocycles. The smallest absolute Gasteiger partial charge is 0.250 e. The summed E-state index contributed by atoms with van der Waals surface area (Å²) in [5.74, 6) is -0.0616. The van der Waals surface area contributed by atoms with Gasteiger partial charge in [-0.25, -0.2) is 0 Å². The van der Waals surface area contributed by atoms with Crippen molar-refractivity contribution >= 4 is 17.3 Å². The number of carbonyl (C=O) groups excluding carboxylic acids is 1. The SMILES string of the molecule is CCCCN(CCCC)c1ccc(NC(=O)COC2CCCC2)cc1. The van der Waals surface area contributed by atoms with Gasteiger partial charge in [0.1, 0.15) is 6.61 Å². The van der Waals surface area contributed by atoms with Crippen LogP contribution in [-0.4, -0.2) is 31.7 Å². The van der Waals surface area contributed by atoms with Gasteiger partial charge in [-0.15, -0.1) is 0 Å². The fourth-order valence-corrected chi connectivity index (χ4v) is 3.27. The van der Waals surface area contributed by atoms with Crippen LogP contribution in [0.4, 0.5) is 11.4 Å². The van der Waals surface area contributed by atoms with Gasteiger partial charge in [-0.3, -0.25) is 4.79 Å². The van der Waals surface area contributed by atoms with E-state index >= 15 is 0 Å². The number of nitrogens with zero attached hydrogens (tertiary/aromatic N) is 1. The van der Waals surface area contributed by atoms with E-state index < -0.39 is 0 Å². The highest BCUT2D eigenvalue weighted by Gasteiger charge is 2.16. The van der Waals surface area contributed by atoms with E-state index in [0.717, 1.165) is 31.6 Å². The molecular weight excluding hydrogens is 312 g/mol. The molecular formula is C21H34N2O2. The molecule has 25 heavy (non-hydrogen) atoms. The van der Waals surface area contributed by atoms with Crippen LogP contribution in [0.5, 0.6) is 0 Å². The number of unbranched alkanes of at least 4 members (excludes halogenated alkanes) is 2. The molecule has 1 aliphatic carbocycles. The molecule has 0 spiro atoms. The average molecular weight is 347 g/mol. The summed E-state index contributed by atoms with van der Waals surface area (Å²) in [6, 6.07) is 8.21. The molecule has 0 radical (unpaired) electrons. The van der Waals surface area contributed by atoms with Crippen molar-refractivity contribution < 1.29 is 9.53 Å². The Labute approximate surface area is 152 Å². The normalized spacial score (nSPS) is 14.6. The first-order valence-electron chi connectivity index (χ1n) is 9.99. The van der Waals surface area contributed by atoms with E-state index in [9.17, 15) is 4.79 Å². The van der Waals surface area contributed by atoms with Gasteiger partial charge in [-0.05, 0) is 49.9 Å². The Morgan fingerprint density at radius 3 is 2.24 bits per heavy atom. The minimum absolute atomic E-state index is 0.0616. The van der Waals surface area contributed by atoms with E-state index in [-0.39, 0.29) is 18.6 Å². The van der Waals surface area contributed by atoms with Crippen molar-refractivity contribution in [3.8, 4) is 0 Å². The predicted molar refractivity (Wildman–Crippen MR) is 105 cm³/mol. The van der Waals surface area contributed by atoms with Crippen molar-refractivity contribution in [1.29, 1.82) is 0 Å². The number of carbonyl (C=O) groups is 1. The summed E-state index contributed by atoms with van der Waals surface area (Å²) in [6.45, 7) is 6.80. The summed E-state index contributed by atoms with van der Waals surface area (Å²) >= 11 is 0. The summed E-state index contributed by atoms with van der Waals surface area (Å²) in [7, 11) is 0. The van der Waals surface area contributed by atoms with Crippen LogP contribution in [0.25, 0.3) is 0 Å². The van der Waals surface area contributed by atoms with Crippen LogP contribution in [0, 0.1) is 0 Å². The van der Waals surface area contributed by atoms with E-state index in [0.29, 0.717) is 0 Å². The van der Waals surface area contributed by atoms with Crippen molar-refractivity contribution in [3.05, 3.63) is 24.3 Å². The van der Waals surface area contributed by atoms with Gasteiger partial charge in [-0.2, -0.15) is 0 Å². The highest BCUT2D eigenvalue weighted by Crippen LogP contribution is 2.21. The van der Waals surface area contributed by atoms with Gasteiger partial charge in [0.15, 0.2) is 0 Å². The second-order valence-corrected chi connectivity index (χ2v) is 7.01. The number of hydrogen-bond acceptors (Lipinski definition) is 3. The summed E-state index contributed by atoms with van der Waals surface area (Å²) in [5, 5.41) is 2.94. The number of ether oxygens (including phenoxy) is 1. The molecule has 1 aromatic carbocycles. The van der Waals surface area contributed by atoms with Gasteiger partial charge in [-0.1, -0.05) is 39.5 Å². The molecule has 0 bridgehead atoms. The molecule has 1 fully saturated rings. The third kappa shape index (κ3) is 7.07. The Balaban J connectivity index is 1.82. The lowest BCUT2D eigenvalue weighted by atomic mass is 10.2. The highest BCUT2D eigenvalue weighted by molar-refractivity contribution is 5.91. The maximum Gasteiger partial charge on any atom is 0.250 e. The molecule has 140 valence electrons. The molecule has 4 heteroatoms. The quantitative estimate of drug-likeness (QED) is 0.613. The molecule has 1 saturated carbocycles. The van der Waals surface area contributed by atoms with Gasteiger partial charge in [0.2, 0.25) is 5.91 Å². The third-order valence-corrected chi connectivity index (χ3v) is 4.83. The number of anilines is 2. The molecule has 0 saturated heterocycles. The first kappa shape index (κ1) is 19.8. The molecule has 4 nitrogen and oxygen atoms in total. The van der Waals surface area contributed by atoms with Gasteiger partial charge in [0.25, 0.3) is 0 Å². The van der Waals surface area contributed by atoms with E-state index in [4.69, 9.17) is 4.74 Å². The molecule has 0 unspecified atom stereocenters. The number of benzene rings is 1. The largest absolute Gasteiger partial charge is 0.372 e. The summed E-state index contributed by atoms with van der Waals surface area (Å²) in [5.41, 5.74) is 2.08. The first-order valence-corrected chi connectivity index (χ1v) is 9.99. The van der Waals surface area contributed by atoms with E-state index in [1.807, 2.05) is 12.1 Å². The molecule has 1 aromatic rings. The van der Waals surface area contributed by atoms with Crippen molar-refractivity contribution in [3.63, 3.8) is 0 Å². The maximum absolute atomic E-state index is 12.0. The van der Waals surface area contributed by atoms with Gasteiger partial charge >= 0.3 is 0 Å². The molecule has 1 amide bonds. The Kier molecular flexibility index (Phi) is 8.81. The lowest BCUT2D eigenvalue weighted by Gasteiger charge is -2.25. The number of rotatable bonds is 11. The zero-order chi connectivity index (χ0) is 17.9. The summed E-state index contributed by atoms with van der Waals surface area (Å²) in [6.07, 6.45) is 9.73. The van der Waals surface area contributed by atoms with Crippen LogP contribution < -0.4 is 10.2 Å². The van der Waals surface area contributed by atoms with Crippen molar-refractivity contribution in [2.75, 3.05) is 29.9 Å². The van der Waals surface area contributed by atoms with Crippen LogP contribution >= 0.6 is 0 Å². The monoisotopic (exact) mass is 346 g/mol. The third-order valence-electron chi connectivity index (χ3n) is 4.83. The lowest BCUT2D eigenvalue weighted by molar-refractivity contribution is -0.122. The predicted octanol–water partition coefficient (Wildman–Crippen LogP) is 4.99. The Bertz CT molecular complexity index is 487.